The van der Waals surface area contributed by atoms with E-state index in [4.69, 9.17) is 0 Å². The molecule has 1 fully saturated rings. The van der Waals surface area contributed by atoms with Crippen LogP contribution in [0, 0.1) is 0 Å². The van der Waals surface area contributed by atoms with E-state index in [1.165, 1.54) is 0 Å². The lowest BCUT2D eigenvalue weighted by atomic mass is 10.1. The van der Waals surface area contributed by atoms with Gasteiger partial charge in [-0.15, -0.1) is 29.9 Å². The zero-order valence-electron chi connectivity index (χ0n) is 15.7. The molecule has 1 aromatic carbocycles. The third-order valence-electron chi connectivity index (χ3n) is 4.81. The number of anilines is 1. The molecule has 0 spiro atoms. The minimum Gasteiger partial charge on any atom is -0.370 e. The maximum atomic E-state index is 12.3. The predicted octanol–water partition coefficient (Wildman–Crippen LogP) is 2.30. The number of hydrogen-bond donors (Lipinski definition) is 2. The first-order valence-corrected chi connectivity index (χ1v) is 8.84. The Balaban J connectivity index is 0.00000182. The average Bonchev–Trinajstić information content (AvgIpc) is 3.17. The number of amides is 1. The third-order valence-corrected chi connectivity index (χ3v) is 4.81. The van der Waals surface area contributed by atoms with Gasteiger partial charge in [0.05, 0.1) is 12.2 Å². The molecule has 1 aliphatic rings. The Kier molecular flexibility index (Phi) is 9.55. The highest BCUT2D eigenvalue weighted by atomic mass is 35.5. The quantitative estimate of drug-likeness (QED) is 0.758. The molecule has 2 heterocycles. The zero-order chi connectivity index (χ0) is 17.6. The summed E-state index contributed by atoms with van der Waals surface area (Å²) in [5, 5.41) is 14.5. The van der Waals surface area contributed by atoms with E-state index in [1.54, 1.807) is 6.20 Å². The first kappa shape index (κ1) is 23.2. The summed E-state index contributed by atoms with van der Waals surface area (Å²) in [5.74, 6) is -0.173. The van der Waals surface area contributed by atoms with Crippen LogP contribution in [0.4, 0.5) is 5.69 Å². The van der Waals surface area contributed by atoms with Crippen LogP contribution in [-0.2, 0) is 0 Å². The van der Waals surface area contributed by atoms with Crippen molar-refractivity contribution in [2.75, 3.05) is 31.6 Å². The molecule has 1 unspecified atom stereocenters. The van der Waals surface area contributed by atoms with Crippen molar-refractivity contribution in [2.45, 2.75) is 31.8 Å². The standard InChI is InChI=1S/C18H26N6O.2ClH/c1-14(23(2)15-6-4-3-5-7-15)12-20-18(25)17-13-24(22-21-17)16-8-10-19-11-9-16;;/h3-7,13-14,16,19H,8-12H2,1-2H3,(H,20,25);2*1H. The molecule has 3 rings (SSSR count). The van der Waals surface area contributed by atoms with E-state index in [1.807, 2.05) is 29.9 Å². The van der Waals surface area contributed by atoms with Gasteiger partial charge in [0, 0.05) is 25.3 Å². The van der Waals surface area contributed by atoms with Gasteiger partial charge in [-0.05, 0) is 45.0 Å². The summed E-state index contributed by atoms with van der Waals surface area (Å²) in [5.41, 5.74) is 1.51. The fourth-order valence-electron chi connectivity index (χ4n) is 3.02. The van der Waals surface area contributed by atoms with Gasteiger partial charge in [0.15, 0.2) is 5.69 Å². The Morgan fingerprint density at radius 2 is 1.96 bits per heavy atom. The second kappa shape index (κ2) is 11.1. The Morgan fingerprint density at radius 3 is 2.63 bits per heavy atom. The number of carbonyl (C=O) groups is 1. The van der Waals surface area contributed by atoms with Gasteiger partial charge in [0.25, 0.3) is 5.91 Å². The molecule has 1 atom stereocenters. The lowest BCUT2D eigenvalue weighted by molar-refractivity contribution is 0.0946. The Hall–Kier alpha value is -1.83. The Labute approximate surface area is 172 Å². The first-order chi connectivity index (χ1) is 12.1. The van der Waals surface area contributed by atoms with Crippen molar-refractivity contribution in [3.63, 3.8) is 0 Å². The lowest BCUT2D eigenvalue weighted by Crippen LogP contribution is -2.40. The van der Waals surface area contributed by atoms with Crippen molar-refractivity contribution in [2.24, 2.45) is 0 Å². The van der Waals surface area contributed by atoms with Crippen molar-refractivity contribution in [3.05, 3.63) is 42.2 Å². The van der Waals surface area contributed by atoms with Gasteiger partial charge in [-0.1, -0.05) is 23.4 Å². The second-order valence-corrected chi connectivity index (χ2v) is 6.57. The minimum atomic E-state index is -0.173. The Morgan fingerprint density at radius 1 is 1.30 bits per heavy atom. The molecule has 1 aromatic heterocycles. The number of hydrogen-bond acceptors (Lipinski definition) is 5. The van der Waals surface area contributed by atoms with Crippen LogP contribution in [-0.4, -0.2) is 53.6 Å². The minimum absolute atomic E-state index is 0. The molecular weight excluding hydrogens is 387 g/mol. The summed E-state index contributed by atoms with van der Waals surface area (Å²) in [6.45, 7) is 4.59. The van der Waals surface area contributed by atoms with E-state index in [-0.39, 0.29) is 36.8 Å². The van der Waals surface area contributed by atoms with Gasteiger partial charge in [0.1, 0.15) is 0 Å². The Bertz CT molecular complexity index is 690. The number of piperidine rings is 1. The number of aromatic nitrogens is 3. The third kappa shape index (κ3) is 6.09. The number of benzene rings is 1. The van der Waals surface area contributed by atoms with E-state index in [0.717, 1.165) is 31.6 Å². The molecule has 9 heteroatoms. The summed E-state index contributed by atoms with van der Waals surface area (Å²) in [6, 6.07) is 10.6. The number of nitrogens with zero attached hydrogens (tertiary/aromatic N) is 4. The van der Waals surface area contributed by atoms with Crippen LogP contribution in [0.3, 0.4) is 0 Å². The summed E-state index contributed by atoms with van der Waals surface area (Å²) >= 11 is 0. The number of carbonyl (C=O) groups excluding carboxylic acids is 1. The van der Waals surface area contributed by atoms with Crippen LogP contribution in [0.2, 0.25) is 0 Å². The van der Waals surface area contributed by atoms with Gasteiger partial charge in [-0.3, -0.25) is 4.79 Å². The second-order valence-electron chi connectivity index (χ2n) is 6.57. The van der Waals surface area contributed by atoms with Crippen LogP contribution in [0.5, 0.6) is 0 Å². The SMILES string of the molecule is CC(CNC(=O)c1cn(C2CCNCC2)nn1)N(C)c1ccccc1.Cl.Cl. The number of nitrogens with one attached hydrogen (secondary N) is 2. The number of halogens is 2. The summed E-state index contributed by atoms with van der Waals surface area (Å²) in [7, 11) is 2.03. The molecule has 0 radical (unpaired) electrons. The van der Waals surface area contributed by atoms with Crippen molar-refractivity contribution in [1.82, 2.24) is 25.6 Å². The molecule has 1 saturated heterocycles. The highest BCUT2D eigenvalue weighted by Gasteiger charge is 2.19. The number of rotatable bonds is 6. The lowest BCUT2D eigenvalue weighted by Gasteiger charge is -2.27. The van der Waals surface area contributed by atoms with Crippen molar-refractivity contribution in [1.29, 1.82) is 0 Å². The van der Waals surface area contributed by atoms with E-state index in [0.29, 0.717) is 18.3 Å². The molecule has 0 saturated carbocycles. The maximum Gasteiger partial charge on any atom is 0.273 e. The molecular formula is C18H28Cl2N6O. The monoisotopic (exact) mass is 414 g/mol. The van der Waals surface area contributed by atoms with Crippen LogP contribution >= 0.6 is 24.8 Å². The average molecular weight is 415 g/mol. The van der Waals surface area contributed by atoms with E-state index >= 15 is 0 Å². The fourth-order valence-corrected chi connectivity index (χ4v) is 3.02. The largest absolute Gasteiger partial charge is 0.370 e. The van der Waals surface area contributed by atoms with Crippen molar-refractivity contribution >= 4 is 36.4 Å². The van der Waals surface area contributed by atoms with Crippen molar-refractivity contribution < 1.29 is 4.79 Å². The molecule has 7 nitrogen and oxygen atoms in total. The molecule has 0 aliphatic carbocycles. The normalized spacial score (nSPS) is 15.2. The number of para-hydroxylation sites is 1. The first-order valence-electron chi connectivity index (χ1n) is 8.84. The van der Waals surface area contributed by atoms with Crippen LogP contribution < -0.4 is 15.5 Å². The topological polar surface area (TPSA) is 75.1 Å². The molecule has 27 heavy (non-hydrogen) atoms. The molecule has 1 aliphatic heterocycles. The fraction of sp³-hybridized carbons (Fsp3) is 0.500. The number of likely N-dealkylation sites (N-methyl/N-ethyl adjacent to an activating group) is 1. The zero-order valence-corrected chi connectivity index (χ0v) is 17.3. The summed E-state index contributed by atoms with van der Waals surface area (Å²) in [4.78, 5) is 14.5. The summed E-state index contributed by atoms with van der Waals surface area (Å²) in [6.07, 6.45) is 3.80. The van der Waals surface area contributed by atoms with Crippen LogP contribution in [0.15, 0.2) is 36.5 Å². The highest BCUT2D eigenvalue weighted by Crippen LogP contribution is 2.17. The van der Waals surface area contributed by atoms with E-state index in [9.17, 15) is 4.79 Å². The van der Waals surface area contributed by atoms with Gasteiger partial charge < -0.3 is 15.5 Å². The molecule has 1 amide bonds. The maximum absolute atomic E-state index is 12.3. The van der Waals surface area contributed by atoms with Crippen LogP contribution in [0.25, 0.3) is 0 Å². The molecule has 2 N–H and O–H groups in total. The molecule has 150 valence electrons. The highest BCUT2D eigenvalue weighted by molar-refractivity contribution is 5.91. The van der Waals surface area contributed by atoms with Gasteiger partial charge in [-0.2, -0.15) is 0 Å². The smallest absolute Gasteiger partial charge is 0.273 e. The molecule has 2 aromatic rings. The van der Waals surface area contributed by atoms with Crippen LogP contribution in [0.1, 0.15) is 36.3 Å². The van der Waals surface area contributed by atoms with Crippen molar-refractivity contribution in [3.8, 4) is 0 Å². The predicted molar refractivity (Wildman–Crippen MR) is 112 cm³/mol. The van der Waals surface area contributed by atoms with Gasteiger partial charge in [-0.25, -0.2) is 4.68 Å². The van der Waals surface area contributed by atoms with Gasteiger partial charge in [0.2, 0.25) is 0 Å². The summed E-state index contributed by atoms with van der Waals surface area (Å²) < 4.78 is 1.83. The molecule has 0 bridgehead atoms. The van der Waals surface area contributed by atoms with Gasteiger partial charge >= 0.3 is 0 Å². The van der Waals surface area contributed by atoms with E-state index in [2.05, 4.69) is 44.9 Å². The van der Waals surface area contributed by atoms with E-state index < -0.39 is 0 Å².